The molecule has 0 radical (unpaired) electrons. The van der Waals surface area contributed by atoms with E-state index in [1.165, 1.54) is 4.90 Å². The third-order valence-corrected chi connectivity index (χ3v) is 8.91. The van der Waals surface area contributed by atoms with Crippen LogP contribution in [0.15, 0.2) is 29.8 Å². The standard InChI is InChI=1S/C30H43N5O5S/c1-18(2)27(34-26(37)16-40-15-21-9-11-31-12-10-21)30(39)35-14-24(36)13-25(35)29(38)33-19(3)22-5-7-23(8-6-22)28-20(4)32-17-41-28/h5-8,17-19,21,24-25,27,31,36H,9-16H2,1-4H3,(H,33,38)(H,34,37)/t19-,24+,25-,27-/m0/s1. The molecule has 11 heteroatoms. The Labute approximate surface area is 246 Å². The SMILES string of the molecule is Cc1ncsc1-c1ccc([C@H](C)NC(=O)[C@@H]2C[C@@H](O)CN2C(=O)[C@@H](NC(=O)COCC2CCNCC2)C(C)C)cc1. The van der Waals surface area contributed by atoms with Gasteiger partial charge in [0.2, 0.25) is 17.7 Å². The van der Waals surface area contributed by atoms with Gasteiger partial charge in [-0.15, -0.1) is 11.3 Å². The summed E-state index contributed by atoms with van der Waals surface area (Å²) in [5.74, 6) is -0.849. The molecule has 3 heterocycles. The number of aromatic nitrogens is 1. The molecule has 10 nitrogen and oxygen atoms in total. The van der Waals surface area contributed by atoms with Crippen LogP contribution in [-0.4, -0.2) is 83.7 Å². The topological polar surface area (TPSA) is 133 Å². The molecule has 2 fully saturated rings. The van der Waals surface area contributed by atoms with Crippen molar-refractivity contribution in [1.82, 2.24) is 25.8 Å². The Kier molecular flexibility index (Phi) is 10.9. The van der Waals surface area contributed by atoms with Crippen LogP contribution >= 0.6 is 11.3 Å². The third kappa shape index (κ3) is 8.12. The Bertz CT molecular complexity index is 1180. The van der Waals surface area contributed by atoms with Gasteiger partial charge in [0, 0.05) is 13.0 Å². The van der Waals surface area contributed by atoms with Gasteiger partial charge in [0.15, 0.2) is 0 Å². The van der Waals surface area contributed by atoms with Crippen molar-refractivity contribution in [3.63, 3.8) is 0 Å². The number of β-amino-alcohol motifs (C(OH)–C–C–N with tert-alkyl or cyclic N) is 1. The van der Waals surface area contributed by atoms with E-state index < -0.39 is 18.2 Å². The zero-order valence-corrected chi connectivity index (χ0v) is 25.2. The van der Waals surface area contributed by atoms with Crippen molar-refractivity contribution < 1.29 is 24.2 Å². The normalized spacial score (nSPS) is 21.1. The van der Waals surface area contributed by atoms with Crippen molar-refractivity contribution in [2.45, 2.75) is 71.2 Å². The van der Waals surface area contributed by atoms with Crippen LogP contribution in [0.4, 0.5) is 0 Å². The molecular weight excluding hydrogens is 542 g/mol. The first-order valence-corrected chi connectivity index (χ1v) is 15.4. The van der Waals surface area contributed by atoms with Gasteiger partial charge in [-0.2, -0.15) is 0 Å². The molecule has 41 heavy (non-hydrogen) atoms. The number of nitrogens with zero attached hydrogens (tertiary/aromatic N) is 2. The minimum Gasteiger partial charge on any atom is -0.391 e. The zero-order valence-electron chi connectivity index (χ0n) is 24.4. The van der Waals surface area contributed by atoms with Gasteiger partial charge in [-0.3, -0.25) is 14.4 Å². The lowest BCUT2D eigenvalue weighted by atomic mass is 9.99. The van der Waals surface area contributed by atoms with Gasteiger partial charge >= 0.3 is 0 Å². The lowest BCUT2D eigenvalue weighted by Crippen LogP contribution is -2.55. The fourth-order valence-electron chi connectivity index (χ4n) is 5.47. The van der Waals surface area contributed by atoms with Crippen LogP contribution < -0.4 is 16.0 Å². The molecule has 0 saturated carbocycles. The minimum atomic E-state index is -0.828. The fourth-order valence-corrected chi connectivity index (χ4v) is 6.29. The Morgan fingerprint density at radius 3 is 2.49 bits per heavy atom. The number of nitrogens with one attached hydrogen (secondary N) is 3. The predicted molar refractivity (Wildman–Crippen MR) is 158 cm³/mol. The quantitative estimate of drug-likeness (QED) is 0.318. The van der Waals surface area contributed by atoms with E-state index in [1.807, 2.05) is 57.5 Å². The highest BCUT2D eigenvalue weighted by Crippen LogP contribution is 2.28. The summed E-state index contributed by atoms with van der Waals surface area (Å²) in [7, 11) is 0. The number of hydrogen-bond donors (Lipinski definition) is 4. The Balaban J connectivity index is 1.34. The lowest BCUT2D eigenvalue weighted by molar-refractivity contribution is -0.143. The molecule has 1 aromatic carbocycles. The smallest absolute Gasteiger partial charge is 0.246 e. The van der Waals surface area contributed by atoms with E-state index in [4.69, 9.17) is 4.74 Å². The van der Waals surface area contributed by atoms with Gasteiger partial charge in [0.1, 0.15) is 18.7 Å². The van der Waals surface area contributed by atoms with E-state index >= 15 is 0 Å². The fraction of sp³-hybridized carbons (Fsp3) is 0.600. The van der Waals surface area contributed by atoms with Gasteiger partial charge < -0.3 is 30.7 Å². The molecular formula is C30H43N5O5S. The van der Waals surface area contributed by atoms with Crippen molar-refractivity contribution in [3.8, 4) is 10.4 Å². The van der Waals surface area contributed by atoms with E-state index in [2.05, 4.69) is 20.9 Å². The van der Waals surface area contributed by atoms with Crippen LogP contribution in [0, 0.1) is 18.8 Å². The summed E-state index contributed by atoms with van der Waals surface area (Å²) >= 11 is 1.59. The molecule has 0 spiro atoms. The number of carbonyl (C=O) groups is 3. The summed E-state index contributed by atoms with van der Waals surface area (Å²) in [6.45, 7) is 9.92. The highest BCUT2D eigenvalue weighted by molar-refractivity contribution is 7.13. The van der Waals surface area contributed by atoms with Gasteiger partial charge in [-0.1, -0.05) is 38.1 Å². The van der Waals surface area contributed by atoms with Crippen LogP contribution in [0.5, 0.6) is 0 Å². The Morgan fingerprint density at radius 2 is 1.85 bits per heavy atom. The number of aliphatic hydroxyl groups is 1. The van der Waals surface area contributed by atoms with Gasteiger partial charge in [-0.05, 0) is 62.7 Å². The molecule has 224 valence electrons. The number of likely N-dealkylation sites (tertiary alicyclic amines) is 1. The third-order valence-electron chi connectivity index (χ3n) is 7.94. The molecule has 2 aromatic rings. The molecule has 0 unspecified atom stereocenters. The molecule has 0 bridgehead atoms. The second-order valence-electron chi connectivity index (χ2n) is 11.5. The molecule has 2 aliphatic rings. The van der Waals surface area contributed by atoms with Crippen LogP contribution in [0.3, 0.4) is 0 Å². The first-order valence-electron chi connectivity index (χ1n) is 14.5. The number of aliphatic hydroxyl groups excluding tert-OH is 1. The van der Waals surface area contributed by atoms with Crippen LogP contribution in [0.2, 0.25) is 0 Å². The molecule has 4 atom stereocenters. The molecule has 2 aliphatic heterocycles. The number of ether oxygens (including phenoxy) is 1. The number of rotatable bonds is 11. The van der Waals surface area contributed by atoms with Crippen LogP contribution in [0.25, 0.3) is 10.4 Å². The zero-order chi connectivity index (χ0) is 29.5. The monoisotopic (exact) mass is 585 g/mol. The largest absolute Gasteiger partial charge is 0.391 e. The number of hydrogen-bond acceptors (Lipinski definition) is 8. The molecule has 0 aliphatic carbocycles. The van der Waals surface area contributed by atoms with Gasteiger partial charge in [0.05, 0.1) is 34.8 Å². The molecule has 2 saturated heterocycles. The van der Waals surface area contributed by atoms with E-state index in [9.17, 15) is 19.5 Å². The summed E-state index contributed by atoms with van der Waals surface area (Å²) in [6, 6.07) is 6.03. The average Bonchev–Trinajstić information content (AvgIpc) is 3.57. The Morgan fingerprint density at radius 1 is 1.15 bits per heavy atom. The second kappa shape index (κ2) is 14.4. The number of amides is 3. The lowest BCUT2D eigenvalue weighted by Gasteiger charge is -2.31. The van der Waals surface area contributed by atoms with E-state index in [0.29, 0.717) is 12.5 Å². The minimum absolute atomic E-state index is 0.0412. The highest BCUT2D eigenvalue weighted by atomic mass is 32.1. The van der Waals surface area contributed by atoms with Gasteiger partial charge in [-0.25, -0.2) is 4.98 Å². The number of carbonyl (C=O) groups excluding carboxylic acids is 3. The van der Waals surface area contributed by atoms with Crippen LogP contribution in [0.1, 0.15) is 57.3 Å². The summed E-state index contributed by atoms with van der Waals surface area (Å²) < 4.78 is 5.65. The predicted octanol–water partition coefficient (Wildman–Crippen LogP) is 2.41. The first-order chi connectivity index (χ1) is 19.6. The molecule has 1 aromatic heterocycles. The maximum absolute atomic E-state index is 13.6. The number of thiazole rings is 1. The number of aryl methyl sites for hydroxylation is 1. The average molecular weight is 586 g/mol. The maximum atomic E-state index is 13.6. The highest BCUT2D eigenvalue weighted by Gasteiger charge is 2.42. The first kappa shape index (κ1) is 31.1. The van der Waals surface area contributed by atoms with E-state index in [0.717, 1.165) is 47.6 Å². The van der Waals surface area contributed by atoms with Crippen molar-refractivity contribution >= 4 is 29.1 Å². The van der Waals surface area contributed by atoms with E-state index in [-0.39, 0.29) is 49.3 Å². The summed E-state index contributed by atoms with van der Waals surface area (Å²) in [5, 5.41) is 19.5. The Hall–Kier alpha value is -2.86. The summed E-state index contributed by atoms with van der Waals surface area (Å²) in [6.07, 6.45) is 1.37. The maximum Gasteiger partial charge on any atom is 0.246 e. The molecule has 4 rings (SSSR count). The number of piperidine rings is 1. The van der Waals surface area contributed by atoms with Crippen LogP contribution in [-0.2, 0) is 19.1 Å². The molecule has 4 N–H and O–H groups in total. The second-order valence-corrected chi connectivity index (χ2v) is 12.4. The summed E-state index contributed by atoms with van der Waals surface area (Å²) in [5.41, 5.74) is 4.80. The van der Waals surface area contributed by atoms with Crippen molar-refractivity contribution in [1.29, 1.82) is 0 Å². The summed E-state index contributed by atoms with van der Waals surface area (Å²) in [4.78, 5) is 46.5. The van der Waals surface area contributed by atoms with E-state index in [1.54, 1.807) is 11.3 Å². The molecule has 3 amide bonds. The van der Waals surface area contributed by atoms with Crippen molar-refractivity contribution in [3.05, 3.63) is 41.0 Å². The number of benzene rings is 1. The van der Waals surface area contributed by atoms with Gasteiger partial charge in [0.25, 0.3) is 0 Å². The van der Waals surface area contributed by atoms with Crippen molar-refractivity contribution in [2.75, 3.05) is 32.8 Å². The van der Waals surface area contributed by atoms with Crippen molar-refractivity contribution in [2.24, 2.45) is 11.8 Å².